The summed E-state index contributed by atoms with van der Waals surface area (Å²) in [5.74, 6) is 0. The Morgan fingerprint density at radius 2 is 1.82 bits per heavy atom. The van der Waals surface area contributed by atoms with Gasteiger partial charge in [0, 0.05) is 5.02 Å². The monoisotopic (exact) mass is 263 g/mol. The lowest BCUT2D eigenvalue weighted by Crippen LogP contribution is -1.97. The zero-order chi connectivity index (χ0) is 11.8. The summed E-state index contributed by atoms with van der Waals surface area (Å²) in [4.78, 5) is 0. The predicted molar refractivity (Wildman–Crippen MR) is 68.9 cm³/mol. The molecule has 3 nitrogen and oxygen atoms in total. The predicted octanol–water partition coefficient (Wildman–Crippen LogP) is 3.73. The molecule has 0 N–H and O–H groups in total. The summed E-state index contributed by atoms with van der Waals surface area (Å²) in [6.07, 6.45) is 0. The van der Waals surface area contributed by atoms with Crippen LogP contribution in [0.4, 0.5) is 0 Å². The second-order valence-electron chi connectivity index (χ2n) is 3.59. The van der Waals surface area contributed by atoms with E-state index in [0.29, 0.717) is 10.0 Å². The molecule has 0 bridgehead atoms. The maximum absolute atomic E-state index is 6.14. The number of aromatic nitrogens is 3. The van der Waals surface area contributed by atoms with Crippen molar-refractivity contribution in [2.24, 2.45) is 0 Å². The highest BCUT2D eigenvalue weighted by molar-refractivity contribution is 6.34. The summed E-state index contributed by atoms with van der Waals surface area (Å²) in [7, 11) is 0. The first-order valence-corrected chi connectivity index (χ1v) is 5.77. The van der Waals surface area contributed by atoms with Gasteiger partial charge in [-0.1, -0.05) is 40.5 Å². The van der Waals surface area contributed by atoms with E-state index < -0.39 is 0 Å². The van der Waals surface area contributed by atoms with Crippen molar-refractivity contribution in [3.8, 4) is 5.69 Å². The van der Waals surface area contributed by atoms with Crippen LogP contribution in [-0.4, -0.2) is 15.0 Å². The molecule has 0 spiro atoms. The minimum absolute atomic E-state index is 0.588. The molecule has 0 atom stereocenters. The summed E-state index contributed by atoms with van der Waals surface area (Å²) in [5, 5.41) is 9.37. The van der Waals surface area contributed by atoms with Crippen LogP contribution in [0.5, 0.6) is 0 Å². The molecule has 0 amide bonds. The van der Waals surface area contributed by atoms with Gasteiger partial charge in [-0.05, 0) is 30.3 Å². The average Bonchev–Trinajstić information content (AvgIpc) is 2.76. The van der Waals surface area contributed by atoms with Crippen LogP contribution in [0.1, 0.15) is 0 Å². The maximum atomic E-state index is 6.14. The molecule has 0 saturated heterocycles. The summed E-state index contributed by atoms with van der Waals surface area (Å²) < 4.78 is 1.68. The standard InChI is InChI=1S/C12H7Cl2N3/c13-8-5-6-9(14)12(7-8)17-11-4-2-1-3-10(11)15-16-17/h1-7H. The van der Waals surface area contributed by atoms with Gasteiger partial charge in [0.25, 0.3) is 0 Å². The molecular weight excluding hydrogens is 257 g/mol. The number of benzene rings is 2. The fourth-order valence-electron chi connectivity index (χ4n) is 1.69. The number of nitrogens with zero attached hydrogens (tertiary/aromatic N) is 3. The van der Waals surface area contributed by atoms with E-state index in [1.807, 2.05) is 24.3 Å². The van der Waals surface area contributed by atoms with E-state index >= 15 is 0 Å². The topological polar surface area (TPSA) is 30.7 Å². The van der Waals surface area contributed by atoms with Gasteiger partial charge in [-0.15, -0.1) is 5.10 Å². The lowest BCUT2D eigenvalue weighted by Gasteiger charge is -2.05. The Hall–Kier alpha value is -1.58. The van der Waals surface area contributed by atoms with E-state index in [4.69, 9.17) is 23.2 Å². The largest absolute Gasteiger partial charge is 0.211 e. The molecule has 2 aromatic carbocycles. The highest BCUT2D eigenvalue weighted by Gasteiger charge is 2.09. The van der Waals surface area contributed by atoms with Gasteiger partial charge in [0.05, 0.1) is 16.2 Å². The van der Waals surface area contributed by atoms with Crippen LogP contribution in [0.3, 0.4) is 0 Å². The molecule has 1 heterocycles. The fraction of sp³-hybridized carbons (Fsp3) is 0. The number of hydrogen-bond acceptors (Lipinski definition) is 2. The van der Waals surface area contributed by atoms with Crippen LogP contribution >= 0.6 is 23.2 Å². The molecule has 0 aliphatic heterocycles. The molecule has 17 heavy (non-hydrogen) atoms. The summed E-state index contributed by atoms with van der Waals surface area (Å²) in [5.41, 5.74) is 2.45. The quantitative estimate of drug-likeness (QED) is 0.670. The fourth-order valence-corrected chi connectivity index (χ4v) is 2.06. The number of para-hydroxylation sites is 1. The molecule has 3 rings (SSSR count). The molecular formula is C12H7Cl2N3. The van der Waals surface area contributed by atoms with Crippen LogP contribution < -0.4 is 0 Å². The average molecular weight is 264 g/mol. The molecule has 1 aromatic heterocycles. The SMILES string of the molecule is Clc1ccc(Cl)c(-n2nnc3ccccc32)c1. The molecule has 84 valence electrons. The van der Waals surface area contributed by atoms with Crippen LogP contribution in [0.2, 0.25) is 10.0 Å². The highest BCUT2D eigenvalue weighted by atomic mass is 35.5. The first-order chi connectivity index (χ1) is 8.25. The Balaban J connectivity index is 2.31. The first-order valence-electron chi connectivity index (χ1n) is 5.01. The maximum Gasteiger partial charge on any atom is 0.113 e. The Morgan fingerprint density at radius 3 is 2.71 bits per heavy atom. The molecule has 5 heteroatoms. The minimum atomic E-state index is 0.588. The van der Waals surface area contributed by atoms with E-state index in [9.17, 15) is 0 Å². The van der Waals surface area contributed by atoms with Crippen molar-refractivity contribution in [3.63, 3.8) is 0 Å². The number of halogens is 2. The third-order valence-electron chi connectivity index (χ3n) is 2.49. The highest BCUT2D eigenvalue weighted by Crippen LogP contribution is 2.26. The molecule has 0 radical (unpaired) electrons. The lowest BCUT2D eigenvalue weighted by molar-refractivity contribution is 0.824. The van der Waals surface area contributed by atoms with Crippen LogP contribution in [0.25, 0.3) is 16.7 Å². The molecule has 0 fully saturated rings. The van der Waals surface area contributed by atoms with Crippen molar-refractivity contribution in [3.05, 3.63) is 52.5 Å². The first kappa shape index (κ1) is 10.6. The van der Waals surface area contributed by atoms with Gasteiger partial charge >= 0.3 is 0 Å². The van der Waals surface area contributed by atoms with E-state index in [-0.39, 0.29) is 0 Å². The molecule has 0 saturated carbocycles. The Labute approximate surface area is 108 Å². The van der Waals surface area contributed by atoms with E-state index in [0.717, 1.165) is 16.7 Å². The van der Waals surface area contributed by atoms with Crippen molar-refractivity contribution < 1.29 is 0 Å². The van der Waals surface area contributed by atoms with Crippen molar-refractivity contribution in [1.29, 1.82) is 0 Å². The minimum Gasteiger partial charge on any atom is -0.211 e. The van der Waals surface area contributed by atoms with Gasteiger partial charge in [0.15, 0.2) is 0 Å². The van der Waals surface area contributed by atoms with Crippen LogP contribution in [-0.2, 0) is 0 Å². The zero-order valence-electron chi connectivity index (χ0n) is 8.64. The third-order valence-corrected chi connectivity index (χ3v) is 3.04. The van der Waals surface area contributed by atoms with Gasteiger partial charge in [0.2, 0.25) is 0 Å². The number of fused-ring (bicyclic) bond motifs is 1. The van der Waals surface area contributed by atoms with Crippen molar-refractivity contribution >= 4 is 34.2 Å². The summed E-state index contributed by atoms with van der Waals surface area (Å²) in [6, 6.07) is 12.9. The van der Waals surface area contributed by atoms with Crippen molar-refractivity contribution in [2.75, 3.05) is 0 Å². The number of hydrogen-bond donors (Lipinski definition) is 0. The molecule has 0 aliphatic rings. The molecule has 3 aromatic rings. The zero-order valence-corrected chi connectivity index (χ0v) is 10.2. The Kier molecular flexibility index (Phi) is 2.50. The summed E-state index contributed by atoms with van der Waals surface area (Å²) >= 11 is 12.1. The second-order valence-corrected chi connectivity index (χ2v) is 4.43. The van der Waals surface area contributed by atoms with Gasteiger partial charge < -0.3 is 0 Å². The van der Waals surface area contributed by atoms with Crippen LogP contribution in [0, 0.1) is 0 Å². The van der Waals surface area contributed by atoms with E-state index in [1.165, 1.54) is 0 Å². The molecule has 0 unspecified atom stereocenters. The Morgan fingerprint density at radius 1 is 1.00 bits per heavy atom. The van der Waals surface area contributed by atoms with Crippen LogP contribution in [0.15, 0.2) is 42.5 Å². The van der Waals surface area contributed by atoms with E-state index in [2.05, 4.69) is 10.3 Å². The van der Waals surface area contributed by atoms with E-state index in [1.54, 1.807) is 22.9 Å². The Bertz CT molecular complexity index is 691. The molecule has 0 aliphatic carbocycles. The van der Waals surface area contributed by atoms with Gasteiger partial charge in [0.1, 0.15) is 5.52 Å². The normalized spacial score (nSPS) is 10.9. The smallest absolute Gasteiger partial charge is 0.113 e. The lowest BCUT2D eigenvalue weighted by atomic mass is 10.3. The van der Waals surface area contributed by atoms with Crippen molar-refractivity contribution in [1.82, 2.24) is 15.0 Å². The van der Waals surface area contributed by atoms with Crippen molar-refractivity contribution in [2.45, 2.75) is 0 Å². The van der Waals surface area contributed by atoms with Gasteiger partial charge in [-0.3, -0.25) is 0 Å². The van der Waals surface area contributed by atoms with Gasteiger partial charge in [-0.25, -0.2) is 4.68 Å². The third kappa shape index (κ3) is 1.77. The van der Waals surface area contributed by atoms with Gasteiger partial charge in [-0.2, -0.15) is 0 Å². The second kappa shape index (κ2) is 4.02. The number of rotatable bonds is 1. The summed E-state index contributed by atoms with van der Waals surface area (Å²) in [6.45, 7) is 0.